The smallest absolute Gasteiger partial charge is 0.220 e. The number of carbonyl (C=O) groups is 1. The summed E-state index contributed by atoms with van der Waals surface area (Å²) in [6.07, 6.45) is 1.01. The zero-order chi connectivity index (χ0) is 18.4. The zero-order valence-electron chi connectivity index (χ0n) is 15.1. The highest BCUT2D eigenvalue weighted by atomic mass is 35.5. The maximum atomic E-state index is 12.3. The third kappa shape index (κ3) is 5.13. The van der Waals surface area contributed by atoms with E-state index in [0.717, 1.165) is 22.4 Å². The molecule has 2 aromatic carbocycles. The average molecular weight is 362 g/mol. The molecule has 1 unspecified atom stereocenters. The lowest BCUT2D eigenvalue weighted by molar-refractivity contribution is -0.121. The number of amides is 1. The molecule has 0 heterocycles. The van der Waals surface area contributed by atoms with E-state index in [1.807, 2.05) is 50.2 Å². The first-order valence-electron chi connectivity index (χ1n) is 8.21. The summed E-state index contributed by atoms with van der Waals surface area (Å²) >= 11 is 6.12. The maximum Gasteiger partial charge on any atom is 0.220 e. The van der Waals surface area contributed by atoms with E-state index in [-0.39, 0.29) is 11.9 Å². The van der Waals surface area contributed by atoms with E-state index in [9.17, 15) is 4.79 Å². The standard InChI is InChI=1S/C20H24ClNO3/c1-13-5-8-18(24-3)16(11-13)14(2)22-20(23)10-7-15-6-9-19(25-4)17(21)12-15/h5-6,8-9,11-12,14H,7,10H2,1-4H3,(H,22,23). The van der Waals surface area contributed by atoms with E-state index in [1.54, 1.807) is 14.2 Å². The Bertz CT molecular complexity index is 746. The number of hydrogen-bond donors (Lipinski definition) is 1. The van der Waals surface area contributed by atoms with Gasteiger partial charge in [0.1, 0.15) is 11.5 Å². The van der Waals surface area contributed by atoms with Crippen molar-refractivity contribution in [2.75, 3.05) is 14.2 Å². The van der Waals surface area contributed by atoms with Gasteiger partial charge in [0, 0.05) is 12.0 Å². The lowest BCUT2D eigenvalue weighted by Gasteiger charge is -2.18. The van der Waals surface area contributed by atoms with E-state index in [0.29, 0.717) is 23.6 Å². The number of benzene rings is 2. The first kappa shape index (κ1) is 19.1. The van der Waals surface area contributed by atoms with Crippen LogP contribution in [-0.4, -0.2) is 20.1 Å². The average Bonchev–Trinajstić information content (AvgIpc) is 2.60. The highest BCUT2D eigenvalue weighted by Gasteiger charge is 2.14. The summed E-state index contributed by atoms with van der Waals surface area (Å²) in [5.41, 5.74) is 3.11. The van der Waals surface area contributed by atoms with Gasteiger partial charge in [-0.15, -0.1) is 0 Å². The SMILES string of the molecule is COc1ccc(CCC(=O)NC(C)c2cc(C)ccc2OC)cc1Cl. The van der Waals surface area contributed by atoms with Gasteiger partial charge in [0.2, 0.25) is 5.91 Å². The fourth-order valence-corrected chi connectivity index (χ4v) is 2.99. The van der Waals surface area contributed by atoms with Crippen LogP contribution in [-0.2, 0) is 11.2 Å². The van der Waals surface area contributed by atoms with Gasteiger partial charge in [0.05, 0.1) is 25.3 Å². The van der Waals surface area contributed by atoms with Crippen LogP contribution in [0.25, 0.3) is 0 Å². The Labute approximate surface area is 154 Å². The molecule has 2 aromatic rings. The molecule has 0 aliphatic heterocycles. The summed E-state index contributed by atoms with van der Waals surface area (Å²) in [4.78, 5) is 12.3. The lowest BCUT2D eigenvalue weighted by atomic mass is 10.0. The Morgan fingerprint density at radius 3 is 2.44 bits per heavy atom. The van der Waals surface area contributed by atoms with Gasteiger partial charge < -0.3 is 14.8 Å². The molecule has 1 atom stereocenters. The normalized spacial score (nSPS) is 11.7. The molecule has 134 valence electrons. The molecule has 25 heavy (non-hydrogen) atoms. The molecule has 0 radical (unpaired) electrons. The monoisotopic (exact) mass is 361 g/mol. The van der Waals surface area contributed by atoms with E-state index in [2.05, 4.69) is 5.32 Å². The molecule has 0 saturated heterocycles. The predicted octanol–water partition coefficient (Wildman–Crippen LogP) is 4.48. The second-order valence-electron chi connectivity index (χ2n) is 6.00. The van der Waals surface area contributed by atoms with Crippen LogP contribution in [0.3, 0.4) is 0 Å². The van der Waals surface area contributed by atoms with Crippen LogP contribution in [0.2, 0.25) is 5.02 Å². The molecule has 0 aliphatic rings. The molecule has 0 bridgehead atoms. The van der Waals surface area contributed by atoms with Crippen molar-refractivity contribution in [3.8, 4) is 11.5 Å². The topological polar surface area (TPSA) is 47.6 Å². The molecule has 0 fully saturated rings. The number of aryl methyl sites for hydroxylation is 2. The lowest BCUT2D eigenvalue weighted by Crippen LogP contribution is -2.27. The largest absolute Gasteiger partial charge is 0.496 e. The number of halogens is 1. The summed E-state index contributed by atoms with van der Waals surface area (Å²) in [7, 11) is 3.21. The number of carbonyl (C=O) groups excluding carboxylic acids is 1. The van der Waals surface area contributed by atoms with E-state index < -0.39 is 0 Å². The zero-order valence-corrected chi connectivity index (χ0v) is 15.8. The van der Waals surface area contributed by atoms with Crippen LogP contribution in [0.15, 0.2) is 36.4 Å². The summed E-state index contributed by atoms with van der Waals surface area (Å²) in [5.74, 6) is 1.40. The van der Waals surface area contributed by atoms with Gasteiger partial charge in [-0.2, -0.15) is 0 Å². The summed E-state index contributed by atoms with van der Waals surface area (Å²) < 4.78 is 10.5. The molecule has 2 rings (SSSR count). The number of ether oxygens (including phenoxy) is 2. The molecule has 5 heteroatoms. The Hall–Kier alpha value is -2.20. The molecular weight excluding hydrogens is 338 g/mol. The van der Waals surface area contributed by atoms with Gasteiger partial charge in [0.25, 0.3) is 0 Å². The minimum Gasteiger partial charge on any atom is -0.496 e. The fraction of sp³-hybridized carbons (Fsp3) is 0.350. The van der Waals surface area contributed by atoms with Gasteiger partial charge in [-0.1, -0.05) is 35.4 Å². The number of methoxy groups -OCH3 is 2. The van der Waals surface area contributed by atoms with Crippen molar-refractivity contribution in [3.63, 3.8) is 0 Å². The molecule has 0 aliphatic carbocycles. The molecular formula is C20H24ClNO3. The van der Waals surface area contributed by atoms with Crippen molar-refractivity contribution in [1.82, 2.24) is 5.32 Å². The number of rotatable bonds is 7. The Balaban J connectivity index is 1.96. The molecule has 0 saturated carbocycles. The summed E-state index contributed by atoms with van der Waals surface area (Å²) in [6.45, 7) is 3.98. The van der Waals surface area contributed by atoms with Crippen LogP contribution < -0.4 is 14.8 Å². The number of hydrogen-bond acceptors (Lipinski definition) is 3. The second-order valence-corrected chi connectivity index (χ2v) is 6.41. The van der Waals surface area contributed by atoms with Crippen molar-refractivity contribution in [2.45, 2.75) is 32.7 Å². The highest BCUT2D eigenvalue weighted by molar-refractivity contribution is 6.32. The van der Waals surface area contributed by atoms with E-state index in [4.69, 9.17) is 21.1 Å². The van der Waals surface area contributed by atoms with E-state index in [1.165, 1.54) is 0 Å². The van der Waals surface area contributed by atoms with Gasteiger partial charge in [-0.25, -0.2) is 0 Å². The number of nitrogens with one attached hydrogen (secondary N) is 1. The maximum absolute atomic E-state index is 12.3. The van der Waals surface area contributed by atoms with Gasteiger partial charge in [0.15, 0.2) is 0 Å². The van der Waals surface area contributed by atoms with E-state index >= 15 is 0 Å². The molecule has 0 spiro atoms. The Morgan fingerprint density at radius 1 is 1.12 bits per heavy atom. The summed E-state index contributed by atoms with van der Waals surface area (Å²) in [5, 5.41) is 3.58. The van der Waals surface area contributed by atoms with Crippen LogP contribution in [0.4, 0.5) is 0 Å². The third-order valence-corrected chi connectivity index (χ3v) is 4.38. The quantitative estimate of drug-likeness (QED) is 0.791. The summed E-state index contributed by atoms with van der Waals surface area (Å²) in [6, 6.07) is 11.4. The van der Waals surface area contributed by atoms with Crippen LogP contribution in [0.5, 0.6) is 11.5 Å². The van der Waals surface area contributed by atoms with Crippen molar-refractivity contribution >= 4 is 17.5 Å². The second kappa shape index (κ2) is 8.77. The van der Waals surface area contributed by atoms with Crippen LogP contribution >= 0.6 is 11.6 Å². The van der Waals surface area contributed by atoms with Crippen LogP contribution in [0, 0.1) is 6.92 Å². The molecule has 1 amide bonds. The predicted molar refractivity (Wildman–Crippen MR) is 101 cm³/mol. The van der Waals surface area contributed by atoms with Crippen LogP contribution in [0.1, 0.15) is 36.1 Å². The molecule has 4 nitrogen and oxygen atoms in total. The fourth-order valence-electron chi connectivity index (χ4n) is 2.71. The Kier molecular flexibility index (Phi) is 6.71. The molecule has 0 aromatic heterocycles. The van der Waals surface area contributed by atoms with Crippen molar-refractivity contribution in [3.05, 3.63) is 58.1 Å². The molecule has 1 N–H and O–H groups in total. The third-order valence-electron chi connectivity index (χ3n) is 4.09. The van der Waals surface area contributed by atoms with Crippen molar-refractivity contribution < 1.29 is 14.3 Å². The Morgan fingerprint density at radius 2 is 1.80 bits per heavy atom. The first-order valence-corrected chi connectivity index (χ1v) is 8.58. The van der Waals surface area contributed by atoms with Crippen molar-refractivity contribution in [2.24, 2.45) is 0 Å². The minimum atomic E-state index is -0.123. The van der Waals surface area contributed by atoms with Gasteiger partial charge >= 0.3 is 0 Å². The van der Waals surface area contributed by atoms with Gasteiger partial charge in [-0.05, 0) is 44.0 Å². The first-order chi connectivity index (χ1) is 11.9. The van der Waals surface area contributed by atoms with Gasteiger partial charge in [-0.3, -0.25) is 4.79 Å². The highest BCUT2D eigenvalue weighted by Crippen LogP contribution is 2.27. The van der Waals surface area contributed by atoms with Crippen molar-refractivity contribution in [1.29, 1.82) is 0 Å². The minimum absolute atomic E-state index is 0.0111.